The van der Waals surface area contributed by atoms with E-state index in [1.807, 2.05) is 17.0 Å². The van der Waals surface area contributed by atoms with Gasteiger partial charge in [-0.25, -0.2) is 0 Å². The number of carbonyl (C=O) groups is 2. The van der Waals surface area contributed by atoms with Crippen LogP contribution in [0.25, 0.3) is 0 Å². The van der Waals surface area contributed by atoms with Crippen molar-refractivity contribution in [2.45, 2.75) is 64.3 Å². The lowest BCUT2D eigenvalue weighted by Crippen LogP contribution is -2.41. The number of amides is 2. The Bertz CT molecular complexity index is 901. The Morgan fingerprint density at radius 3 is 2.79 bits per heavy atom. The fraction of sp³-hybridized carbons (Fsp3) is 0.500. The zero-order valence-corrected chi connectivity index (χ0v) is 16.8. The normalized spacial score (nSPS) is 19.9. The largest absolute Gasteiger partial charge is 0.389 e. The molecule has 7 nitrogen and oxygen atoms in total. The van der Waals surface area contributed by atoms with Crippen LogP contribution in [0.1, 0.15) is 64.2 Å². The third-order valence-corrected chi connectivity index (χ3v) is 5.99. The van der Waals surface area contributed by atoms with Crippen LogP contribution in [0.5, 0.6) is 0 Å². The van der Waals surface area contributed by atoms with Crippen LogP contribution in [0, 0.1) is 6.92 Å². The number of aliphatic hydroxyl groups is 1. The van der Waals surface area contributed by atoms with E-state index < -0.39 is 6.10 Å². The molecule has 154 valence electrons. The standard InChI is InChI=1S/C22H28N4O3/c1-15-7-5-6-8-16(15)13-25(17-9-3-2-4-10-17)22(29)19-11-20-21(28)23-12-18(27)14-26(20)24-19/h5-8,11,17-18,27H,2-4,9-10,12-14H2,1H3,(H,23,28). The first-order valence-electron chi connectivity index (χ1n) is 10.4. The van der Waals surface area contributed by atoms with Gasteiger partial charge in [-0.15, -0.1) is 0 Å². The van der Waals surface area contributed by atoms with E-state index in [1.165, 1.54) is 11.1 Å². The van der Waals surface area contributed by atoms with Crippen molar-refractivity contribution >= 4 is 11.8 Å². The number of nitrogens with one attached hydrogen (secondary N) is 1. The van der Waals surface area contributed by atoms with Crippen molar-refractivity contribution in [1.82, 2.24) is 20.0 Å². The third-order valence-electron chi connectivity index (χ3n) is 5.99. The number of aryl methyl sites for hydroxylation is 1. The Kier molecular flexibility index (Phi) is 5.67. The van der Waals surface area contributed by atoms with Crippen molar-refractivity contribution in [3.8, 4) is 0 Å². The average molecular weight is 396 g/mol. The van der Waals surface area contributed by atoms with Crippen molar-refractivity contribution in [2.24, 2.45) is 0 Å². The Balaban J connectivity index is 1.64. The third kappa shape index (κ3) is 4.19. The monoisotopic (exact) mass is 396 g/mol. The number of rotatable bonds is 4. The number of fused-ring (bicyclic) bond motifs is 1. The first-order valence-corrected chi connectivity index (χ1v) is 10.4. The highest BCUT2D eigenvalue weighted by Gasteiger charge is 2.30. The molecule has 1 unspecified atom stereocenters. The van der Waals surface area contributed by atoms with Crippen molar-refractivity contribution in [3.63, 3.8) is 0 Å². The van der Waals surface area contributed by atoms with E-state index >= 15 is 0 Å². The van der Waals surface area contributed by atoms with Crippen LogP contribution in [0.3, 0.4) is 0 Å². The molecule has 0 spiro atoms. The van der Waals surface area contributed by atoms with Crippen molar-refractivity contribution in [1.29, 1.82) is 0 Å². The molecule has 2 aliphatic rings. The van der Waals surface area contributed by atoms with Crippen LogP contribution in [0.4, 0.5) is 0 Å². The van der Waals surface area contributed by atoms with Gasteiger partial charge in [0.25, 0.3) is 11.8 Å². The molecule has 1 saturated carbocycles. The molecule has 1 aliphatic heterocycles. The van der Waals surface area contributed by atoms with E-state index in [0.717, 1.165) is 36.8 Å². The van der Waals surface area contributed by atoms with Gasteiger partial charge in [0.2, 0.25) is 0 Å². The van der Waals surface area contributed by atoms with Gasteiger partial charge in [-0.1, -0.05) is 43.5 Å². The second kappa shape index (κ2) is 8.37. The summed E-state index contributed by atoms with van der Waals surface area (Å²) in [6.45, 7) is 2.98. The Morgan fingerprint density at radius 1 is 1.28 bits per heavy atom. The highest BCUT2D eigenvalue weighted by molar-refractivity contribution is 5.98. The zero-order valence-electron chi connectivity index (χ0n) is 16.8. The fourth-order valence-electron chi connectivity index (χ4n) is 4.29. The summed E-state index contributed by atoms with van der Waals surface area (Å²) in [4.78, 5) is 27.7. The van der Waals surface area contributed by atoms with E-state index in [0.29, 0.717) is 12.2 Å². The topological polar surface area (TPSA) is 87.5 Å². The maximum Gasteiger partial charge on any atom is 0.274 e. The SMILES string of the molecule is Cc1ccccc1CN(C(=O)c1cc2n(n1)CC(O)CNC2=O)C1CCCCC1. The van der Waals surface area contributed by atoms with Crippen LogP contribution in [0.2, 0.25) is 0 Å². The summed E-state index contributed by atoms with van der Waals surface area (Å²) in [6, 6.07) is 9.85. The summed E-state index contributed by atoms with van der Waals surface area (Å²) in [5.74, 6) is -0.459. The van der Waals surface area contributed by atoms with Gasteiger partial charge in [-0.3, -0.25) is 14.3 Å². The van der Waals surface area contributed by atoms with Gasteiger partial charge >= 0.3 is 0 Å². The van der Waals surface area contributed by atoms with E-state index in [9.17, 15) is 14.7 Å². The predicted octanol–water partition coefficient (Wildman–Crippen LogP) is 2.27. The van der Waals surface area contributed by atoms with Gasteiger partial charge in [-0.2, -0.15) is 5.10 Å². The zero-order chi connectivity index (χ0) is 20.4. The first-order chi connectivity index (χ1) is 14.0. The predicted molar refractivity (Wildman–Crippen MR) is 108 cm³/mol. The fourth-order valence-corrected chi connectivity index (χ4v) is 4.29. The van der Waals surface area contributed by atoms with Crippen LogP contribution in [-0.2, 0) is 13.1 Å². The molecule has 1 aliphatic carbocycles. The second-order valence-electron chi connectivity index (χ2n) is 8.11. The van der Waals surface area contributed by atoms with Crippen molar-refractivity contribution < 1.29 is 14.7 Å². The maximum absolute atomic E-state index is 13.5. The molecule has 2 aromatic rings. The Hall–Kier alpha value is -2.67. The number of aromatic nitrogens is 2. The van der Waals surface area contributed by atoms with Crippen molar-refractivity contribution in [3.05, 3.63) is 52.8 Å². The molecule has 1 atom stereocenters. The molecule has 0 radical (unpaired) electrons. The van der Waals surface area contributed by atoms with Gasteiger partial charge in [0.15, 0.2) is 5.69 Å². The molecular formula is C22H28N4O3. The van der Waals surface area contributed by atoms with Gasteiger partial charge in [-0.05, 0) is 30.9 Å². The molecule has 1 aromatic carbocycles. The lowest BCUT2D eigenvalue weighted by molar-refractivity contribution is 0.0605. The quantitative estimate of drug-likeness (QED) is 0.830. The second-order valence-corrected chi connectivity index (χ2v) is 8.11. The summed E-state index contributed by atoms with van der Waals surface area (Å²) in [6.07, 6.45) is 4.71. The minimum absolute atomic E-state index is 0.150. The Morgan fingerprint density at radius 2 is 2.03 bits per heavy atom. The molecule has 2 amide bonds. The van der Waals surface area contributed by atoms with Gasteiger partial charge < -0.3 is 15.3 Å². The molecule has 7 heteroatoms. The van der Waals surface area contributed by atoms with Gasteiger partial charge in [0, 0.05) is 25.2 Å². The summed E-state index contributed by atoms with van der Waals surface area (Å²) in [7, 11) is 0. The lowest BCUT2D eigenvalue weighted by Gasteiger charge is -2.34. The molecule has 2 N–H and O–H groups in total. The summed E-state index contributed by atoms with van der Waals surface area (Å²) in [5, 5.41) is 17.0. The average Bonchev–Trinajstić information content (AvgIpc) is 3.10. The number of carbonyl (C=O) groups excluding carboxylic acids is 2. The number of hydrogen-bond acceptors (Lipinski definition) is 4. The molecular weight excluding hydrogens is 368 g/mol. The summed E-state index contributed by atoms with van der Waals surface area (Å²) >= 11 is 0. The highest BCUT2D eigenvalue weighted by atomic mass is 16.3. The van der Waals surface area contributed by atoms with Gasteiger partial charge in [0.1, 0.15) is 5.69 Å². The van der Waals surface area contributed by atoms with Crippen LogP contribution in [0.15, 0.2) is 30.3 Å². The van der Waals surface area contributed by atoms with Crippen LogP contribution >= 0.6 is 0 Å². The van der Waals surface area contributed by atoms with E-state index in [4.69, 9.17) is 0 Å². The van der Waals surface area contributed by atoms with E-state index in [2.05, 4.69) is 29.5 Å². The smallest absolute Gasteiger partial charge is 0.274 e. The number of aliphatic hydroxyl groups excluding tert-OH is 1. The minimum atomic E-state index is -0.718. The molecule has 1 aromatic heterocycles. The maximum atomic E-state index is 13.5. The Labute approximate surface area is 170 Å². The first kappa shape index (κ1) is 19.6. The van der Waals surface area contributed by atoms with E-state index in [1.54, 1.807) is 6.07 Å². The van der Waals surface area contributed by atoms with E-state index in [-0.39, 0.29) is 36.6 Å². The molecule has 1 fully saturated rings. The molecule has 0 bridgehead atoms. The molecule has 2 heterocycles. The summed E-state index contributed by atoms with van der Waals surface area (Å²) in [5.41, 5.74) is 2.87. The van der Waals surface area contributed by atoms with Crippen molar-refractivity contribution in [2.75, 3.05) is 6.54 Å². The summed E-state index contributed by atoms with van der Waals surface area (Å²) < 4.78 is 1.45. The van der Waals surface area contributed by atoms with Crippen LogP contribution in [-0.4, -0.2) is 50.3 Å². The molecule has 0 saturated heterocycles. The van der Waals surface area contributed by atoms with Crippen LogP contribution < -0.4 is 5.32 Å². The number of nitrogens with zero attached hydrogens (tertiary/aromatic N) is 3. The molecule has 29 heavy (non-hydrogen) atoms. The molecule has 4 rings (SSSR count). The van der Waals surface area contributed by atoms with Gasteiger partial charge in [0.05, 0.1) is 12.6 Å². The minimum Gasteiger partial charge on any atom is -0.389 e. The highest BCUT2D eigenvalue weighted by Crippen LogP contribution is 2.26. The lowest BCUT2D eigenvalue weighted by atomic mass is 9.93. The number of hydrogen-bond donors (Lipinski definition) is 2. The number of β-amino-alcohol motifs (C(OH)–C–C–N with tert-alkyl or cyclic N) is 1. The number of benzene rings is 1.